The molecular weight excluding hydrogens is 192 g/mol. The van der Waals surface area contributed by atoms with Gasteiger partial charge >= 0.3 is 0 Å². The fourth-order valence-corrected chi connectivity index (χ4v) is 1.57. The molecule has 0 aliphatic rings. The summed E-state index contributed by atoms with van der Waals surface area (Å²) in [5.41, 5.74) is 6.92. The molecule has 0 aromatic heterocycles. The molecule has 0 aliphatic carbocycles. The Kier molecular flexibility index (Phi) is 2.74. The summed E-state index contributed by atoms with van der Waals surface area (Å²) in [5, 5.41) is 1.34. The number of nitrogens with zero attached hydrogens (tertiary/aromatic N) is 1. The molecule has 1 aromatic carbocycles. The van der Waals surface area contributed by atoms with E-state index in [2.05, 4.69) is 5.11 Å². The predicted molar refractivity (Wildman–Crippen MR) is 45.9 cm³/mol. The first-order chi connectivity index (χ1) is 6.05. The number of hydrogen-bond donors (Lipinski definition) is 2. The van der Waals surface area contributed by atoms with Crippen molar-refractivity contribution in [2.24, 2.45) is 5.11 Å². The van der Waals surface area contributed by atoms with Crippen LogP contribution in [-0.4, -0.2) is 13.0 Å². The SMILES string of the molecule is N=NC(c1ccccc1)S(=O)(=O)O. The zero-order chi connectivity index (χ0) is 9.90. The fourth-order valence-electron chi connectivity index (χ4n) is 0.931. The first-order valence-electron chi connectivity index (χ1n) is 3.43. The van der Waals surface area contributed by atoms with Crippen molar-refractivity contribution in [1.29, 1.82) is 5.53 Å². The van der Waals surface area contributed by atoms with Crippen LogP contribution < -0.4 is 0 Å². The van der Waals surface area contributed by atoms with Gasteiger partial charge in [-0.3, -0.25) is 4.55 Å². The van der Waals surface area contributed by atoms with Crippen LogP contribution >= 0.6 is 0 Å². The van der Waals surface area contributed by atoms with Crippen molar-refractivity contribution in [2.45, 2.75) is 5.37 Å². The van der Waals surface area contributed by atoms with E-state index in [9.17, 15) is 8.42 Å². The first-order valence-corrected chi connectivity index (χ1v) is 4.94. The minimum atomic E-state index is -4.32. The molecule has 0 saturated carbocycles. The molecule has 0 radical (unpaired) electrons. The molecule has 0 saturated heterocycles. The molecule has 6 heteroatoms. The Hall–Kier alpha value is -1.27. The van der Waals surface area contributed by atoms with Gasteiger partial charge in [0.1, 0.15) is 0 Å². The van der Waals surface area contributed by atoms with Gasteiger partial charge in [0.25, 0.3) is 10.1 Å². The zero-order valence-corrected chi connectivity index (χ0v) is 7.40. The monoisotopic (exact) mass is 200 g/mol. The van der Waals surface area contributed by atoms with Crippen molar-refractivity contribution in [3.63, 3.8) is 0 Å². The number of nitrogens with one attached hydrogen (secondary N) is 1. The van der Waals surface area contributed by atoms with Crippen LogP contribution in [0.15, 0.2) is 35.4 Å². The third kappa shape index (κ3) is 2.33. The lowest BCUT2D eigenvalue weighted by molar-refractivity contribution is 0.467. The van der Waals surface area contributed by atoms with E-state index < -0.39 is 15.5 Å². The van der Waals surface area contributed by atoms with Crippen molar-refractivity contribution >= 4 is 10.1 Å². The van der Waals surface area contributed by atoms with Crippen LogP contribution in [0.4, 0.5) is 0 Å². The summed E-state index contributed by atoms with van der Waals surface area (Å²) in [6.07, 6.45) is 0. The Morgan fingerprint density at radius 2 is 1.85 bits per heavy atom. The van der Waals surface area contributed by atoms with Gasteiger partial charge in [-0.1, -0.05) is 30.3 Å². The van der Waals surface area contributed by atoms with E-state index in [1.807, 2.05) is 0 Å². The van der Waals surface area contributed by atoms with Gasteiger partial charge in [-0.2, -0.15) is 13.5 Å². The molecule has 1 atom stereocenters. The molecule has 13 heavy (non-hydrogen) atoms. The van der Waals surface area contributed by atoms with Crippen LogP contribution in [0.3, 0.4) is 0 Å². The molecular formula is C7H8N2O3S. The van der Waals surface area contributed by atoms with Gasteiger partial charge in [-0.05, 0) is 5.56 Å². The number of hydrogen-bond acceptors (Lipinski definition) is 4. The van der Waals surface area contributed by atoms with E-state index in [0.717, 1.165) is 0 Å². The van der Waals surface area contributed by atoms with Crippen molar-refractivity contribution in [3.8, 4) is 0 Å². The second-order valence-electron chi connectivity index (χ2n) is 2.41. The summed E-state index contributed by atoms with van der Waals surface area (Å²) in [5.74, 6) is 0. The molecule has 0 bridgehead atoms. The topological polar surface area (TPSA) is 90.6 Å². The highest BCUT2D eigenvalue weighted by Crippen LogP contribution is 2.21. The van der Waals surface area contributed by atoms with Crippen LogP contribution in [0.25, 0.3) is 0 Å². The minimum absolute atomic E-state index is 0.278. The lowest BCUT2D eigenvalue weighted by atomic mass is 10.2. The van der Waals surface area contributed by atoms with E-state index in [4.69, 9.17) is 10.1 Å². The van der Waals surface area contributed by atoms with Gasteiger partial charge in [0.2, 0.25) is 5.37 Å². The lowest BCUT2D eigenvalue weighted by Crippen LogP contribution is -2.08. The maximum Gasteiger partial charge on any atom is 0.294 e. The quantitative estimate of drug-likeness (QED) is 0.573. The summed E-state index contributed by atoms with van der Waals surface area (Å²) in [4.78, 5) is 0. The van der Waals surface area contributed by atoms with E-state index in [0.29, 0.717) is 0 Å². The molecule has 1 rings (SSSR count). The molecule has 1 aromatic rings. The molecule has 1 unspecified atom stereocenters. The Balaban J connectivity index is 3.13. The molecule has 0 fully saturated rings. The Morgan fingerprint density at radius 3 is 2.23 bits per heavy atom. The summed E-state index contributed by atoms with van der Waals surface area (Å²) in [7, 11) is -4.32. The second-order valence-corrected chi connectivity index (χ2v) is 3.88. The third-order valence-electron chi connectivity index (χ3n) is 1.48. The number of rotatable bonds is 3. The van der Waals surface area contributed by atoms with Gasteiger partial charge in [0, 0.05) is 0 Å². The molecule has 0 heterocycles. The second kappa shape index (κ2) is 3.63. The van der Waals surface area contributed by atoms with Gasteiger partial charge in [0.05, 0.1) is 0 Å². The average Bonchev–Trinajstić information content (AvgIpc) is 2.05. The Labute approximate surface area is 75.7 Å². The van der Waals surface area contributed by atoms with Crippen LogP contribution in [0, 0.1) is 5.53 Å². The molecule has 70 valence electrons. The Bertz CT molecular complexity index is 387. The van der Waals surface area contributed by atoms with E-state index in [1.54, 1.807) is 18.2 Å². The molecule has 0 aliphatic heterocycles. The molecule has 0 amide bonds. The highest BCUT2D eigenvalue weighted by atomic mass is 32.2. The zero-order valence-electron chi connectivity index (χ0n) is 6.58. The molecule has 2 N–H and O–H groups in total. The van der Waals surface area contributed by atoms with Gasteiger partial charge in [-0.25, -0.2) is 5.53 Å². The standard InChI is InChI=1S/C7H8N2O3S/c8-9-7(13(10,11)12)6-4-2-1-3-5-6/h1-5,7-8H,(H,10,11,12). The van der Waals surface area contributed by atoms with E-state index in [1.165, 1.54) is 12.1 Å². The van der Waals surface area contributed by atoms with Crippen molar-refractivity contribution in [3.05, 3.63) is 35.9 Å². The van der Waals surface area contributed by atoms with Crippen LogP contribution in [0.5, 0.6) is 0 Å². The Morgan fingerprint density at radius 1 is 1.31 bits per heavy atom. The minimum Gasteiger partial charge on any atom is -0.284 e. The van der Waals surface area contributed by atoms with Gasteiger partial charge in [0.15, 0.2) is 0 Å². The third-order valence-corrected chi connectivity index (χ3v) is 2.43. The highest BCUT2D eigenvalue weighted by Gasteiger charge is 2.23. The number of benzene rings is 1. The van der Waals surface area contributed by atoms with Crippen LogP contribution in [-0.2, 0) is 10.1 Å². The highest BCUT2D eigenvalue weighted by molar-refractivity contribution is 7.86. The van der Waals surface area contributed by atoms with Crippen LogP contribution in [0.2, 0.25) is 0 Å². The molecule has 5 nitrogen and oxygen atoms in total. The van der Waals surface area contributed by atoms with Crippen molar-refractivity contribution < 1.29 is 13.0 Å². The summed E-state index contributed by atoms with van der Waals surface area (Å²) in [6.45, 7) is 0. The first kappa shape index (κ1) is 9.82. The summed E-state index contributed by atoms with van der Waals surface area (Å²) >= 11 is 0. The average molecular weight is 200 g/mol. The van der Waals surface area contributed by atoms with Gasteiger partial charge < -0.3 is 0 Å². The largest absolute Gasteiger partial charge is 0.294 e. The maximum atomic E-state index is 10.7. The summed E-state index contributed by atoms with van der Waals surface area (Å²) in [6, 6.07) is 7.89. The van der Waals surface area contributed by atoms with Crippen LogP contribution in [0.1, 0.15) is 10.9 Å². The normalized spacial score (nSPS) is 13.6. The lowest BCUT2D eigenvalue weighted by Gasteiger charge is -2.06. The summed E-state index contributed by atoms with van der Waals surface area (Å²) < 4.78 is 30.1. The van der Waals surface area contributed by atoms with E-state index in [-0.39, 0.29) is 5.56 Å². The fraction of sp³-hybridized carbons (Fsp3) is 0.143. The predicted octanol–water partition coefficient (Wildman–Crippen LogP) is 1.60. The maximum absolute atomic E-state index is 10.7. The van der Waals surface area contributed by atoms with E-state index >= 15 is 0 Å². The smallest absolute Gasteiger partial charge is 0.284 e. The molecule has 0 spiro atoms. The van der Waals surface area contributed by atoms with Crippen molar-refractivity contribution in [2.75, 3.05) is 0 Å². The van der Waals surface area contributed by atoms with Gasteiger partial charge in [-0.15, -0.1) is 0 Å². The van der Waals surface area contributed by atoms with Crippen molar-refractivity contribution in [1.82, 2.24) is 0 Å².